The van der Waals surface area contributed by atoms with Gasteiger partial charge in [-0.1, -0.05) is 34.6 Å². The first kappa shape index (κ1) is 13.0. The predicted octanol–water partition coefficient (Wildman–Crippen LogP) is 2.00. The number of hydrogen-bond acceptors (Lipinski definition) is 2. The summed E-state index contributed by atoms with van der Waals surface area (Å²) in [5.74, 6) is 0.810. The zero-order valence-corrected chi connectivity index (χ0v) is 11.2. The van der Waals surface area contributed by atoms with Gasteiger partial charge in [-0.05, 0) is 23.7 Å². The molecule has 1 aliphatic rings. The van der Waals surface area contributed by atoms with Crippen LogP contribution in [0.3, 0.4) is 0 Å². The molecule has 1 heterocycles. The lowest BCUT2D eigenvalue weighted by Crippen LogP contribution is -2.37. The fourth-order valence-corrected chi connectivity index (χ4v) is 4.93. The van der Waals surface area contributed by atoms with Gasteiger partial charge in [0.05, 0.1) is 5.25 Å². The van der Waals surface area contributed by atoms with Gasteiger partial charge in [-0.3, -0.25) is 0 Å². The van der Waals surface area contributed by atoms with Crippen molar-refractivity contribution in [1.82, 2.24) is 4.72 Å². The average Bonchev–Trinajstić information content (AvgIpc) is 2.22. The van der Waals surface area contributed by atoms with Crippen molar-refractivity contribution < 1.29 is 8.42 Å². The van der Waals surface area contributed by atoms with Gasteiger partial charge in [0.1, 0.15) is 0 Å². The number of nitrogens with one attached hydrogen (secondary N) is 1. The van der Waals surface area contributed by atoms with Crippen LogP contribution >= 0.6 is 0 Å². The summed E-state index contributed by atoms with van der Waals surface area (Å²) < 4.78 is 26.5. The second kappa shape index (κ2) is 4.06. The lowest BCUT2D eigenvalue weighted by atomic mass is 9.80. The van der Waals surface area contributed by atoms with Gasteiger partial charge in [0, 0.05) is 6.54 Å². The Hall–Kier alpha value is -0.0900. The smallest absolute Gasteiger partial charge is 0.215 e. The maximum Gasteiger partial charge on any atom is 0.215 e. The molecule has 0 spiro atoms. The van der Waals surface area contributed by atoms with Gasteiger partial charge < -0.3 is 0 Å². The van der Waals surface area contributed by atoms with E-state index in [1.807, 2.05) is 20.8 Å². The molecule has 0 aromatic rings. The number of rotatable bonds is 2. The van der Waals surface area contributed by atoms with Crippen LogP contribution in [-0.2, 0) is 10.0 Å². The first-order valence-electron chi connectivity index (χ1n) is 5.63. The quantitative estimate of drug-likeness (QED) is 0.793. The Morgan fingerprint density at radius 1 is 1.33 bits per heavy atom. The highest BCUT2D eigenvalue weighted by Crippen LogP contribution is 2.37. The molecule has 0 aromatic carbocycles. The molecular formula is C11H23NO2S. The summed E-state index contributed by atoms with van der Waals surface area (Å²) in [6.45, 7) is 10.9. The summed E-state index contributed by atoms with van der Waals surface area (Å²) in [7, 11) is -3.09. The zero-order chi connectivity index (χ0) is 11.9. The standard InChI is InChI=1S/C11H23NO2S/c1-8(2)6-9-7-12-15(13,14)10(9)11(3,4)5/h8-10,12H,6-7H2,1-5H3. The van der Waals surface area contributed by atoms with Crippen molar-refractivity contribution in [1.29, 1.82) is 0 Å². The molecular weight excluding hydrogens is 210 g/mol. The van der Waals surface area contributed by atoms with E-state index in [9.17, 15) is 8.42 Å². The highest BCUT2D eigenvalue weighted by atomic mass is 32.2. The van der Waals surface area contributed by atoms with Crippen molar-refractivity contribution in [3.05, 3.63) is 0 Å². The zero-order valence-electron chi connectivity index (χ0n) is 10.4. The molecule has 2 unspecified atom stereocenters. The topological polar surface area (TPSA) is 46.2 Å². The van der Waals surface area contributed by atoms with E-state index in [-0.39, 0.29) is 16.6 Å². The Kier molecular flexibility index (Phi) is 3.51. The van der Waals surface area contributed by atoms with Crippen LogP contribution in [0.15, 0.2) is 0 Å². The summed E-state index contributed by atoms with van der Waals surface area (Å²) in [4.78, 5) is 0. The van der Waals surface area contributed by atoms with Crippen molar-refractivity contribution in [3.63, 3.8) is 0 Å². The third-order valence-corrected chi connectivity index (χ3v) is 5.27. The Labute approximate surface area is 93.7 Å². The molecule has 1 N–H and O–H groups in total. The number of sulfonamides is 1. The molecule has 0 aliphatic carbocycles. The molecule has 0 bridgehead atoms. The molecule has 0 aromatic heterocycles. The second-order valence-electron chi connectivity index (χ2n) is 6.07. The van der Waals surface area contributed by atoms with E-state index < -0.39 is 10.0 Å². The monoisotopic (exact) mass is 233 g/mol. The van der Waals surface area contributed by atoms with Crippen LogP contribution < -0.4 is 4.72 Å². The van der Waals surface area contributed by atoms with Gasteiger partial charge in [0.25, 0.3) is 0 Å². The minimum atomic E-state index is -3.09. The summed E-state index contributed by atoms with van der Waals surface area (Å²) in [6.07, 6.45) is 0.980. The van der Waals surface area contributed by atoms with Crippen LogP contribution in [-0.4, -0.2) is 20.2 Å². The van der Waals surface area contributed by atoms with E-state index in [2.05, 4.69) is 18.6 Å². The lowest BCUT2D eigenvalue weighted by molar-refractivity contribution is 0.286. The van der Waals surface area contributed by atoms with Gasteiger partial charge in [0.15, 0.2) is 0 Å². The van der Waals surface area contributed by atoms with E-state index >= 15 is 0 Å². The SMILES string of the molecule is CC(C)CC1CNS(=O)(=O)C1C(C)(C)C. The second-order valence-corrected chi connectivity index (χ2v) is 7.96. The van der Waals surface area contributed by atoms with Crippen molar-refractivity contribution in [3.8, 4) is 0 Å². The van der Waals surface area contributed by atoms with Gasteiger partial charge in [-0.2, -0.15) is 0 Å². The maximum absolute atomic E-state index is 11.9. The van der Waals surface area contributed by atoms with E-state index in [0.29, 0.717) is 12.5 Å². The normalized spacial score (nSPS) is 31.1. The van der Waals surface area contributed by atoms with Crippen LogP contribution in [0, 0.1) is 17.3 Å². The Bertz CT molecular complexity index is 314. The molecule has 3 nitrogen and oxygen atoms in total. The summed E-state index contributed by atoms with van der Waals surface area (Å²) in [5, 5.41) is -0.243. The maximum atomic E-state index is 11.9. The predicted molar refractivity (Wildman–Crippen MR) is 63.1 cm³/mol. The van der Waals surface area contributed by atoms with E-state index in [0.717, 1.165) is 6.42 Å². The molecule has 1 aliphatic heterocycles. The van der Waals surface area contributed by atoms with E-state index in [1.54, 1.807) is 0 Å². The van der Waals surface area contributed by atoms with E-state index in [1.165, 1.54) is 0 Å². The van der Waals surface area contributed by atoms with Crippen LogP contribution in [0.25, 0.3) is 0 Å². The largest absolute Gasteiger partial charge is 0.215 e. The number of hydrogen-bond donors (Lipinski definition) is 1. The molecule has 1 fully saturated rings. The molecule has 90 valence electrons. The average molecular weight is 233 g/mol. The fraction of sp³-hybridized carbons (Fsp3) is 1.00. The van der Waals surface area contributed by atoms with Crippen LogP contribution in [0.2, 0.25) is 0 Å². The van der Waals surface area contributed by atoms with Crippen molar-refractivity contribution >= 4 is 10.0 Å². The first-order valence-corrected chi connectivity index (χ1v) is 7.17. The van der Waals surface area contributed by atoms with Gasteiger partial charge >= 0.3 is 0 Å². The first-order chi connectivity index (χ1) is 6.64. The van der Waals surface area contributed by atoms with Crippen molar-refractivity contribution in [2.24, 2.45) is 17.3 Å². The molecule has 0 amide bonds. The minimum Gasteiger partial charge on any atom is -0.215 e. The molecule has 0 saturated carbocycles. The fourth-order valence-electron chi connectivity index (χ4n) is 2.66. The van der Waals surface area contributed by atoms with Crippen molar-refractivity contribution in [2.45, 2.75) is 46.3 Å². The molecule has 4 heteroatoms. The highest BCUT2D eigenvalue weighted by Gasteiger charge is 2.46. The van der Waals surface area contributed by atoms with Crippen LogP contribution in [0.1, 0.15) is 41.0 Å². The van der Waals surface area contributed by atoms with Gasteiger partial charge in [-0.25, -0.2) is 13.1 Å². The van der Waals surface area contributed by atoms with Crippen LogP contribution in [0.5, 0.6) is 0 Å². The minimum absolute atomic E-state index is 0.179. The van der Waals surface area contributed by atoms with Crippen molar-refractivity contribution in [2.75, 3.05) is 6.54 Å². The molecule has 15 heavy (non-hydrogen) atoms. The van der Waals surface area contributed by atoms with Gasteiger partial charge in [0.2, 0.25) is 10.0 Å². The summed E-state index contributed by atoms with van der Waals surface area (Å²) in [6, 6.07) is 0. The Morgan fingerprint density at radius 3 is 2.27 bits per heavy atom. The third kappa shape index (κ3) is 2.94. The van der Waals surface area contributed by atoms with Crippen LogP contribution in [0.4, 0.5) is 0 Å². The molecule has 1 rings (SSSR count). The molecule has 1 saturated heterocycles. The summed E-state index contributed by atoms with van der Waals surface area (Å²) in [5.41, 5.74) is -0.179. The highest BCUT2D eigenvalue weighted by molar-refractivity contribution is 7.90. The van der Waals surface area contributed by atoms with E-state index in [4.69, 9.17) is 0 Å². The summed E-state index contributed by atoms with van der Waals surface area (Å²) >= 11 is 0. The molecule has 2 atom stereocenters. The lowest BCUT2D eigenvalue weighted by Gasteiger charge is -2.30. The van der Waals surface area contributed by atoms with Gasteiger partial charge in [-0.15, -0.1) is 0 Å². The molecule has 0 radical (unpaired) electrons. The Morgan fingerprint density at radius 2 is 1.87 bits per heavy atom. The third-order valence-electron chi connectivity index (χ3n) is 2.94. The Balaban J connectivity index is 2.93.